The van der Waals surface area contributed by atoms with Crippen LogP contribution in [-0.2, 0) is 10.0 Å². The number of nitrogens with zero attached hydrogens (tertiary/aromatic N) is 2. The second-order valence-corrected chi connectivity index (χ2v) is 8.77. The van der Waals surface area contributed by atoms with Crippen molar-refractivity contribution in [3.05, 3.63) is 60.3 Å². The van der Waals surface area contributed by atoms with Crippen LogP contribution in [0.5, 0.6) is 0 Å². The Kier molecular flexibility index (Phi) is 5.46. The van der Waals surface area contributed by atoms with Crippen molar-refractivity contribution in [1.29, 1.82) is 0 Å². The predicted molar refractivity (Wildman–Crippen MR) is 115 cm³/mol. The van der Waals surface area contributed by atoms with E-state index in [-0.39, 0.29) is 4.90 Å². The first-order valence-electron chi connectivity index (χ1n) is 9.56. The van der Waals surface area contributed by atoms with E-state index in [1.54, 1.807) is 30.5 Å². The van der Waals surface area contributed by atoms with Gasteiger partial charge >= 0.3 is 0 Å². The van der Waals surface area contributed by atoms with Crippen molar-refractivity contribution >= 4 is 27.5 Å². The summed E-state index contributed by atoms with van der Waals surface area (Å²) in [5.74, 6) is 1.16. The second kappa shape index (κ2) is 8.18. The van der Waals surface area contributed by atoms with Gasteiger partial charge < -0.3 is 10.6 Å². The number of aryl methyl sites for hydroxylation is 1. The lowest BCUT2D eigenvalue weighted by Gasteiger charge is -2.15. The van der Waals surface area contributed by atoms with Crippen molar-refractivity contribution in [3.8, 4) is 11.1 Å². The topological polar surface area (TPSA) is 96.0 Å². The fraction of sp³-hybridized carbons (Fsp3) is 0.238. The van der Waals surface area contributed by atoms with Crippen LogP contribution in [-0.4, -0.2) is 31.5 Å². The molecule has 7 nitrogen and oxygen atoms in total. The minimum absolute atomic E-state index is 0.217. The molecule has 0 spiro atoms. The summed E-state index contributed by atoms with van der Waals surface area (Å²) in [5.41, 5.74) is 3.77. The number of sulfonamides is 1. The molecule has 8 heteroatoms. The first-order valence-corrected chi connectivity index (χ1v) is 11.0. The lowest BCUT2D eigenvalue weighted by atomic mass is 10.1. The number of benzene rings is 2. The first kappa shape index (κ1) is 19.4. The Morgan fingerprint density at radius 1 is 1.00 bits per heavy atom. The monoisotopic (exact) mass is 409 g/mol. The van der Waals surface area contributed by atoms with Gasteiger partial charge in [0, 0.05) is 30.5 Å². The predicted octanol–water partition coefficient (Wildman–Crippen LogP) is 3.68. The number of rotatable bonds is 1. The Hall–Kier alpha value is -2.97. The third-order valence-electron chi connectivity index (χ3n) is 4.74. The summed E-state index contributed by atoms with van der Waals surface area (Å²) < 4.78 is 27.6. The molecule has 2 aromatic carbocycles. The smallest absolute Gasteiger partial charge is 0.240 e. The Morgan fingerprint density at radius 3 is 2.62 bits per heavy atom. The maximum Gasteiger partial charge on any atom is 0.240 e. The summed E-state index contributed by atoms with van der Waals surface area (Å²) in [6.07, 6.45) is 3.32. The van der Waals surface area contributed by atoms with Crippen molar-refractivity contribution in [3.63, 3.8) is 0 Å². The zero-order valence-electron chi connectivity index (χ0n) is 16.1. The molecule has 2 heterocycles. The molecule has 150 valence electrons. The average molecular weight is 410 g/mol. The Bertz CT molecular complexity index is 1110. The fourth-order valence-corrected chi connectivity index (χ4v) is 4.26. The molecule has 29 heavy (non-hydrogen) atoms. The zero-order chi connectivity index (χ0) is 20.3. The summed E-state index contributed by atoms with van der Waals surface area (Å²) in [7, 11) is -3.54. The number of anilines is 3. The van der Waals surface area contributed by atoms with Crippen molar-refractivity contribution in [2.75, 3.05) is 23.7 Å². The quantitative estimate of drug-likeness (QED) is 0.567. The highest BCUT2D eigenvalue weighted by molar-refractivity contribution is 7.89. The molecule has 0 fully saturated rings. The lowest BCUT2D eigenvalue weighted by molar-refractivity contribution is 0.577. The average Bonchev–Trinajstić information content (AvgIpc) is 2.71. The summed E-state index contributed by atoms with van der Waals surface area (Å²) in [6, 6.07) is 14.9. The third kappa shape index (κ3) is 4.55. The molecule has 4 rings (SSSR count). The zero-order valence-corrected chi connectivity index (χ0v) is 17.0. The van der Waals surface area contributed by atoms with Gasteiger partial charge in [0.05, 0.1) is 4.90 Å². The van der Waals surface area contributed by atoms with E-state index in [1.165, 1.54) is 5.56 Å². The minimum Gasteiger partial charge on any atom is -0.369 e. The molecule has 3 aromatic rings. The highest BCUT2D eigenvalue weighted by atomic mass is 32.2. The molecule has 0 saturated carbocycles. The number of hydrogen-bond acceptors (Lipinski definition) is 6. The van der Waals surface area contributed by atoms with Crippen LogP contribution in [0.25, 0.3) is 11.1 Å². The van der Waals surface area contributed by atoms with E-state index in [4.69, 9.17) is 0 Å². The Balaban J connectivity index is 1.73. The molecular formula is C21H23N5O2S. The molecule has 0 radical (unpaired) electrons. The molecule has 3 N–H and O–H groups in total. The van der Waals surface area contributed by atoms with Crippen LogP contribution in [0, 0.1) is 6.92 Å². The molecule has 0 saturated heterocycles. The van der Waals surface area contributed by atoms with E-state index in [1.807, 2.05) is 0 Å². The summed E-state index contributed by atoms with van der Waals surface area (Å²) >= 11 is 0. The third-order valence-corrected chi connectivity index (χ3v) is 6.20. The second-order valence-electron chi connectivity index (χ2n) is 7.01. The van der Waals surface area contributed by atoms with E-state index in [9.17, 15) is 8.42 Å². The molecular weight excluding hydrogens is 386 g/mol. The van der Waals surface area contributed by atoms with Gasteiger partial charge in [0.1, 0.15) is 5.82 Å². The normalized spacial score (nSPS) is 16.2. The Morgan fingerprint density at radius 2 is 1.79 bits per heavy atom. The van der Waals surface area contributed by atoms with Crippen molar-refractivity contribution < 1.29 is 8.42 Å². The molecule has 0 amide bonds. The van der Waals surface area contributed by atoms with Gasteiger partial charge in [-0.3, -0.25) is 0 Å². The number of nitrogens with one attached hydrogen (secondary N) is 3. The molecule has 0 unspecified atom stereocenters. The van der Waals surface area contributed by atoms with E-state index in [2.05, 4.69) is 56.5 Å². The van der Waals surface area contributed by atoms with E-state index >= 15 is 0 Å². The number of hydrogen-bond donors (Lipinski definition) is 3. The van der Waals surface area contributed by atoms with Gasteiger partial charge in [-0.05, 0) is 43.5 Å². The van der Waals surface area contributed by atoms with Crippen LogP contribution in [0.1, 0.15) is 18.4 Å². The van der Waals surface area contributed by atoms with Crippen LogP contribution in [0.3, 0.4) is 0 Å². The minimum atomic E-state index is -3.54. The van der Waals surface area contributed by atoms with Gasteiger partial charge in [-0.25, -0.2) is 18.1 Å². The van der Waals surface area contributed by atoms with Gasteiger partial charge in [0.25, 0.3) is 0 Å². The number of fused-ring (bicyclic) bond motifs is 4. The van der Waals surface area contributed by atoms with E-state index in [0.717, 1.165) is 29.8 Å². The van der Waals surface area contributed by atoms with Crippen LogP contribution in [0.2, 0.25) is 0 Å². The highest BCUT2D eigenvalue weighted by Gasteiger charge is 2.15. The maximum absolute atomic E-state index is 12.5. The summed E-state index contributed by atoms with van der Waals surface area (Å²) in [4.78, 5) is 9.31. The van der Waals surface area contributed by atoms with Crippen LogP contribution < -0.4 is 15.4 Å². The first-order chi connectivity index (χ1) is 14.0. The molecule has 4 bridgehead atoms. The van der Waals surface area contributed by atoms with E-state index in [0.29, 0.717) is 24.7 Å². The van der Waals surface area contributed by atoms with Crippen LogP contribution >= 0.6 is 0 Å². The van der Waals surface area contributed by atoms with Crippen LogP contribution in [0.4, 0.5) is 17.5 Å². The molecule has 1 aliphatic heterocycles. The van der Waals surface area contributed by atoms with E-state index < -0.39 is 10.0 Å². The molecule has 0 atom stereocenters. The fourth-order valence-electron chi connectivity index (χ4n) is 3.14. The number of aromatic nitrogens is 2. The van der Waals surface area contributed by atoms with Crippen LogP contribution in [0.15, 0.2) is 59.6 Å². The van der Waals surface area contributed by atoms with Gasteiger partial charge in [-0.1, -0.05) is 35.9 Å². The van der Waals surface area contributed by atoms with Gasteiger partial charge in [-0.15, -0.1) is 0 Å². The van der Waals surface area contributed by atoms with Gasteiger partial charge in [0.15, 0.2) is 0 Å². The summed E-state index contributed by atoms with van der Waals surface area (Å²) in [6.45, 7) is 3.13. The largest absolute Gasteiger partial charge is 0.369 e. The molecule has 0 aliphatic carbocycles. The van der Waals surface area contributed by atoms with Crippen molar-refractivity contribution in [1.82, 2.24) is 14.7 Å². The standard InChI is InChI=1S/C21H23N5O2S/c1-15-7-9-16(10-8-15)19-14-23-21-25-17-5-4-6-18(13-17)29(27,28)24-12-3-2-11-22-20(19)26-21/h4-10,13-14,24H,2-3,11-12H2,1H3,(H2,22,23,25,26). The SMILES string of the molecule is Cc1ccc(-c2cnc3nc2NCCCCNS(=O)(=O)c2cccc(c2)N3)cc1. The molecule has 1 aromatic heterocycles. The molecule has 1 aliphatic rings. The van der Waals surface area contributed by atoms with Crippen molar-refractivity contribution in [2.24, 2.45) is 0 Å². The highest BCUT2D eigenvalue weighted by Crippen LogP contribution is 2.28. The Labute approximate surface area is 170 Å². The maximum atomic E-state index is 12.5. The van der Waals surface area contributed by atoms with Crippen molar-refractivity contribution in [2.45, 2.75) is 24.7 Å². The lowest BCUT2D eigenvalue weighted by Crippen LogP contribution is -2.25. The van der Waals surface area contributed by atoms with Gasteiger partial charge in [-0.2, -0.15) is 4.98 Å². The summed E-state index contributed by atoms with van der Waals surface area (Å²) in [5, 5.41) is 6.49. The van der Waals surface area contributed by atoms with Gasteiger partial charge in [0.2, 0.25) is 16.0 Å².